The molecular weight excluding hydrogens is 438 g/mol. The van der Waals surface area contributed by atoms with Crippen molar-refractivity contribution in [3.63, 3.8) is 0 Å². The number of benzene rings is 2. The summed E-state index contributed by atoms with van der Waals surface area (Å²) in [5, 5.41) is 13.2. The Balaban J connectivity index is 1.47. The van der Waals surface area contributed by atoms with Crippen LogP contribution in [-0.4, -0.2) is 66.4 Å². The minimum absolute atomic E-state index is 0.0843. The van der Waals surface area contributed by atoms with E-state index in [0.717, 1.165) is 49.4 Å². The Morgan fingerprint density at radius 2 is 1.83 bits per heavy atom. The van der Waals surface area contributed by atoms with Crippen molar-refractivity contribution in [2.75, 3.05) is 38.7 Å². The van der Waals surface area contributed by atoms with Crippen LogP contribution >= 0.6 is 0 Å². The van der Waals surface area contributed by atoms with Crippen molar-refractivity contribution in [3.05, 3.63) is 59.7 Å². The van der Waals surface area contributed by atoms with E-state index in [2.05, 4.69) is 60.2 Å². The summed E-state index contributed by atoms with van der Waals surface area (Å²) in [6.07, 6.45) is 2.85. The third-order valence-electron chi connectivity index (χ3n) is 7.04. The van der Waals surface area contributed by atoms with E-state index in [1.807, 2.05) is 29.2 Å². The van der Waals surface area contributed by atoms with Crippen LogP contribution in [0, 0.1) is 17.8 Å². The number of methoxy groups -OCH3 is 1. The van der Waals surface area contributed by atoms with E-state index >= 15 is 0 Å². The number of hydrogen-bond donors (Lipinski definition) is 2. The van der Waals surface area contributed by atoms with E-state index in [1.54, 1.807) is 7.11 Å². The van der Waals surface area contributed by atoms with Crippen LogP contribution in [0.15, 0.2) is 48.5 Å². The Kier molecular flexibility index (Phi) is 8.33. The summed E-state index contributed by atoms with van der Waals surface area (Å²) in [6.45, 7) is 6.79. The molecule has 0 spiro atoms. The first-order valence-electron chi connectivity index (χ1n) is 12.7. The maximum absolute atomic E-state index is 13.2. The highest BCUT2D eigenvalue weighted by Crippen LogP contribution is 2.42. The number of ether oxygens (including phenoxy) is 1. The quantitative estimate of drug-likeness (QED) is 0.623. The van der Waals surface area contributed by atoms with Gasteiger partial charge < -0.3 is 20.1 Å². The van der Waals surface area contributed by atoms with Crippen molar-refractivity contribution in [1.29, 1.82) is 0 Å². The number of aliphatic hydroxyl groups excluding tert-OH is 1. The number of aliphatic hydroxyl groups is 1. The maximum Gasteiger partial charge on any atom is 0.321 e. The molecule has 0 bridgehead atoms. The van der Waals surface area contributed by atoms with Crippen LogP contribution in [0.5, 0.6) is 5.75 Å². The number of hydrogen-bond acceptors (Lipinski definition) is 4. The first-order chi connectivity index (χ1) is 17.0. The molecule has 2 fully saturated rings. The van der Waals surface area contributed by atoms with Gasteiger partial charge in [0.2, 0.25) is 0 Å². The van der Waals surface area contributed by atoms with Crippen LogP contribution < -0.4 is 10.1 Å². The fourth-order valence-electron chi connectivity index (χ4n) is 5.15. The first-order valence-corrected chi connectivity index (χ1v) is 12.7. The summed E-state index contributed by atoms with van der Waals surface area (Å²) >= 11 is 0. The molecule has 2 saturated heterocycles. The lowest BCUT2D eigenvalue weighted by Gasteiger charge is -2.57. The lowest BCUT2D eigenvalue weighted by atomic mass is 9.74. The van der Waals surface area contributed by atoms with Crippen molar-refractivity contribution in [3.8, 4) is 17.6 Å². The molecule has 2 aliphatic heterocycles. The molecule has 2 aromatic rings. The number of amides is 2. The summed E-state index contributed by atoms with van der Waals surface area (Å²) in [5.74, 6) is 8.01. The summed E-state index contributed by atoms with van der Waals surface area (Å²) in [5.41, 5.74) is 2.97. The Morgan fingerprint density at radius 1 is 1.11 bits per heavy atom. The third-order valence-corrected chi connectivity index (χ3v) is 7.04. The van der Waals surface area contributed by atoms with Gasteiger partial charge in [0, 0.05) is 48.8 Å². The van der Waals surface area contributed by atoms with Crippen molar-refractivity contribution >= 4 is 11.7 Å². The topological polar surface area (TPSA) is 65.0 Å². The van der Waals surface area contributed by atoms with Gasteiger partial charge in [-0.05, 0) is 67.3 Å². The average Bonchev–Trinajstić information content (AvgIpc) is 2.84. The predicted molar refractivity (Wildman–Crippen MR) is 140 cm³/mol. The Labute approximate surface area is 209 Å². The highest BCUT2D eigenvalue weighted by atomic mass is 16.5. The van der Waals surface area contributed by atoms with E-state index in [0.29, 0.717) is 12.5 Å². The zero-order valence-corrected chi connectivity index (χ0v) is 21.0. The van der Waals surface area contributed by atoms with Crippen molar-refractivity contribution < 1.29 is 14.6 Å². The highest BCUT2D eigenvalue weighted by molar-refractivity contribution is 5.89. The molecule has 2 N–H and O–H groups in total. The molecule has 2 aliphatic rings. The molecule has 0 saturated carbocycles. The van der Waals surface area contributed by atoms with Crippen LogP contribution in [0.4, 0.5) is 10.5 Å². The Bertz CT molecular complexity index is 1040. The van der Waals surface area contributed by atoms with Gasteiger partial charge in [0.25, 0.3) is 0 Å². The molecule has 2 heterocycles. The summed E-state index contributed by atoms with van der Waals surface area (Å²) in [4.78, 5) is 17.5. The fraction of sp³-hybridized carbons (Fsp3) is 0.483. The summed E-state index contributed by atoms with van der Waals surface area (Å²) in [7, 11) is 1.63. The lowest BCUT2D eigenvalue weighted by Crippen LogP contribution is -2.68. The monoisotopic (exact) mass is 475 g/mol. The molecule has 0 aliphatic carbocycles. The lowest BCUT2D eigenvalue weighted by molar-refractivity contribution is -0.0585. The largest absolute Gasteiger partial charge is 0.497 e. The molecule has 3 atom stereocenters. The van der Waals surface area contributed by atoms with Gasteiger partial charge in [-0.3, -0.25) is 4.90 Å². The van der Waals surface area contributed by atoms with E-state index in [1.165, 1.54) is 5.56 Å². The molecule has 0 unspecified atom stereocenters. The SMILES string of the molecule is COc1ccc(NC(=O)N2CCCCN3[C@H](CO)[C@@H](c4ccc(C#CCC(C)C)cc4)[C@@H]3C2)cc1. The molecule has 0 aromatic heterocycles. The molecule has 2 aromatic carbocycles. The number of anilines is 1. The van der Waals surface area contributed by atoms with Gasteiger partial charge in [-0.1, -0.05) is 37.8 Å². The smallest absolute Gasteiger partial charge is 0.321 e. The number of carbonyl (C=O) groups excluding carboxylic acids is 1. The zero-order valence-electron chi connectivity index (χ0n) is 21.0. The van der Waals surface area contributed by atoms with Gasteiger partial charge in [-0.25, -0.2) is 4.79 Å². The molecule has 4 rings (SSSR count). The van der Waals surface area contributed by atoms with E-state index in [4.69, 9.17) is 4.74 Å². The fourth-order valence-corrected chi connectivity index (χ4v) is 5.15. The maximum atomic E-state index is 13.2. The van der Waals surface area contributed by atoms with Crippen LogP contribution in [0.1, 0.15) is 50.2 Å². The predicted octanol–water partition coefficient (Wildman–Crippen LogP) is 4.55. The Morgan fingerprint density at radius 3 is 2.49 bits per heavy atom. The number of nitrogens with one attached hydrogen (secondary N) is 1. The van der Waals surface area contributed by atoms with E-state index in [9.17, 15) is 9.90 Å². The highest BCUT2D eigenvalue weighted by Gasteiger charge is 2.49. The van der Waals surface area contributed by atoms with Crippen LogP contribution in [0.3, 0.4) is 0 Å². The van der Waals surface area contributed by atoms with Gasteiger partial charge >= 0.3 is 6.03 Å². The standard InChI is InChI=1S/C29H37N3O3/c1-21(2)7-6-8-22-9-11-23(12-10-22)28-26-19-31(17-4-5-18-32(26)27(28)20-33)29(34)30-24-13-15-25(35-3)16-14-24/h9-16,21,26-28,33H,4-5,7,17-20H2,1-3H3,(H,30,34)/t26-,27+,28-/m0/s1. The van der Waals surface area contributed by atoms with Crippen molar-refractivity contribution in [1.82, 2.24) is 9.80 Å². The molecule has 0 radical (unpaired) electrons. The number of urea groups is 1. The van der Waals surface area contributed by atoms with Gasteiger partial charge in [0.15, 0.2) is 0 Å². The summed E-state index contributed by atoms with van der Waals surface area (Å²) in [6, 6.07) is 16.0. The Hall–Kier alpha value is -3.01. The van der Waals surface area contributed by atoms with Gasteiger partial charge in [0.1, 0.15) is 5.75 Å². The third kappa shape index (κ3) is 5.98. The van der Waals surface area contributed by atoms with Crippen LogP contribution in [0.25, 0.3) is 0 Å². The van der Waals surface area contributed by atoms with Crippen LogP contribution in [-0.2, 0) is 0 Å². The molecular formula is C29H37N3O3. The summed E-state index contributed by atoms with van der Waals surface area (Å²) < 4.78 is 5.21. The van der Waals surface area contributed by atoms with E-state index in [-0.39, 0.29) is 30.6 Å². The molecule has 2 amide bonds. The van der Waals surface area contributed by atoms with Crippen LogP contribution in [0.2, 0.25) is 0 Å². The molecule has 186 valence electrons. The second-order valence-corrected chi connectivity index (χ2v) is 9.91. The molecule has 6 nitrogen and oxygen atoms in total. The van der Waals surface area contributed by atoms with Gasteiger partial charge in [-0.2, -0.15) is 0 Å². The molecule has 6 heteroatoms. The second kappa shape index (κ2) is 11.6. The minimum atomic E-state index is -0.0843. The van der Waals surface area contributed by atoms with E-state index < -0.39 is 0 Å². The van der Waals surface area contributed by atoms with Crippen molar-refractivity contribution in [2.45, 2.75) is 51.1 Å². The van der Waals surface area contributed by atoms with Gasteiger partial charge in [-0.15, -0.1) is 0 Å². The average molecular weight is 476 g/mol. The second-order valence-electron chi connectivity index (χ2n) is 9.91. The van der Waals surface area contributed by atoms with Gasteiger partial charge in [0.05, 0.1) is 13.7 Å². The van der Waals surface area contributed by atoms with Crippen molar-refractivity contribution in [2.24, 2.45) is 5.92 Å². The number of carbonyl (C=O) groups is 1. The zero-order chi connectivity index (χ0) is 24.8. The minimum Gasteiger partial charge on any atom is -0.497 e. The number of rotatable bonds is 5. The number of fused-ring (bicyclic) bond motifs is 1. The molecule has 35 heavy (non-hydrogen) atoms. The number of nitrogens with zero attached hydrogens (tertiary/aromatic N) is 2. The first kappa shape index (κ1) is 25.1. The normalized spacial score (nSPS) is 22.2.